The highest BCUT2D eigenvalue weighted by Gasteiger charge is 2.08. The standard InChI is InChI=1S/C17H21ClN2O/c1-17(2,3)20-11-13-7-8-19-16(10-13)21-12-14-5-4-6-15(18)9-14/h4-10,20H,11-12H2,1-3H3. The molecule has 0 bridgehead atoms. The van der Waals surface area contributed by atoms with Gasteiger partial charge >= 0.3 is 0 Å². The molecular formula is C17H21ClN2O. The van der Waals surface area contributed by atoms with Gasteiger partial charge in [0, 0.05) is 29.4 Å². The van der Waals surface area contributed by atoms with E-state index in [9.17, 15) is 0 Å². The number of aromatic nitrogens is 1. The molecule has 1 aromatic carbocycles. The molecule has 1 heterocycles. The molecule has 0 unspecified atom stereocenters. The van der Waals surface area contributed by atoms with Crippen LogP contribution in [-0.4, -0.2) is 10.5 Å². The second-order valence-corrected chi connectivity index (χ2v) is 6.46. The third kappa shape index (κ3) is 5.74. The van der Waals surface area contributed by atoms with Gasteiger partial charge in [-0.1, -0.05) is 23.7 Å². The third-order valence-electron chi connectivity index (χ3n) is 2.90. The van der Waals surface area contributed by atoms with Crippen LogP contribution in [-0.2, 0) is 13.2 Å². The molecule has 1 aromatic heterocycles. The fourth-order valence-corrected chi connectivity index (χ4v) is 2.00. The van der Waals surface area contributed by atoms with Gasteiger partial charge in [-0.15, -0.1) is 0 Å². The quantitative estimate of drug-likeness (QED) is 0.899. The van der Waals surface area contributed by atoms with Crippen molar-refractivity contribution in [2.45, 2.75) is 39.5 Å². The molecule has 112 valence electrons. The van der Waals surface area contributed by atoms with Crippen molar-refractivity contribution in [1.82, 2.24) is 10.3 Å². The van der Waals surface area contributed by atoms with Crippen LogP contribution in [0, 0.1) is 0 Å². The first-order valence-corrected chi connectivity index (χ1v) is 7.37. The molecule has 0 saturated carbocycles. The Kier molecular flexibility index (Phi) is 5.21. The Labute approximate surface area is 131 Å². The van der Waals surface area contributed by atoms with Crippen LogP contribution in [0.15, 0.2) is 42.6 Å². The zero-order valence-electron chi connectivity index (χ0n) is 12.7. The molecule has 0 aliphatic rings. The first kappa shape index (κ1) is 15.8. The normalized spacial score (nSPS) is 11.4. The van der Waals surface area contributed by atoms with Crippen LogP contribution in [0.25, 0.3) is 0 Å². The predicted molar refractivity (Wildman–Crippen MR) is 86.6 cm³/mol. The van der Waals surface area contributed by atoms with E-state index in [0.717, 1.165) is 17.7 Å². The zero-order chi connectivity index (χ0) is 15.3. The lowest BCUT2D eigenvalue weighted by Gasteiger charge is -2.20. The predicted octanol–water partition coefficient (Wildman–Crippen LogP) is 4.20. The van der Waals surface area contributed by atoms with Crippen molar-refractivity contribution in [2.24, 2.45) is 0 Å². The Bertz CT molecular complexity index is 593. The minimum absolute atomic E-state index is 0.0884. The van der Waals surface area contributed by atoms with Gasteiger partial charge < -0.3 is 10.1 Å². The maximum Gasteiger partial charge on any atom is 0.213 e. The van der Waals surface area contributed by atoms with Crippen LogP contribution < -0.4 is 10.1 Å². The van der Waals surface area contributed by atoms with E-state index in [1.54, 1.807) is 6.20 Å². The summed E-state index contributed by atoms with van der Waals surface area (Å²) in [4.78, 5) is 4.24. The average Bonchev–Trinajstić information content (AvgIpc) is 2.43. The maximum absolute atomic E-state index is 5.96. The van der Waals surface area contributed by atoms with Crippen molar-refractivity contribution in [3.63, 3.8) is 0 Å². The molecule has 3 nitrogen and oxygen atoms in total. The number of benzene rings is 1. The Hall–Kier alpha value is -1.58. The zero-order valence-corrected chi connectivity index (χ0v) is 13.4. The highest BCUT2D eigenvalue weighted by Crippen LogP contribution is 2.15. The van der Waals surface area contributed by atoms with Gasteiger partial charge in [-0.2, -0.15) is 0 Å². The summed E-state index contributed by atoms with van der Waals surface area (Å²) in [6, 6.07) is 11.6. The lowest BCUT2D eigenvalue weighted by molar-refractivity contribution is 0.293. The maximum atomic E-state index is 5.96. The molecule has 0 fully saturated rings. The second kappa shape index (κ2) is 6.92. The summed E-state index contributed by atoms with van der Waals surface area (Å²) in [7, 11) is 0. The molecule has 21 heavy (non-hydrogen) atoms. The van der Waals surface area contributed by atoms with Crippen molar-refractivity contribution in [3.8, 4) is 5.88 Å². The molecule has 2 rings (SSSR count). The van der Waals surface area contributed by atoms with Gasteiger partial charge in [0.15, 0.2) is 0 Å². The van der Waals surface area contributed by atoms with Crippen molar-refractivity contribution in [2.75, 3.05) is 0 Å². The van der Waals surface area contributed by atoms with E-state index in [1.807, 2.05) is 36.4 Å². The minimum atomic E-state index is 0.0884. The number of pyridine rings is 1. The van der Waals surface area contributed by atoms with Crippen LogP contribution in [0.2, 0.25) is 5.02 Å². The average molecular weight is 305 g/mol. The van der Waals surface area contributed by atoms with Gasteiger partial charge in [0.05, 0.1) is 0 Å². The molecular weight excluding hydrogens is 284 g/mol. The Balaban J connectivity index is 1.95. The highest BCUT2D eigenvalue weighted by atomic mass is 35.5. The number of rotatable bonds is 5. The highest BCUT2D eigenvalue weighted by molar-refractivity contribution is 6.30. The molecule has 2 aromatic rings. The molecule has 0 radical (unpaired) electrons. The van der Waals surface area contributed by atoms with E-state index in [1.165, 1.54) is 0 Å². The van der Waals surface area contributed by atoms with Gasteiger partial charge in [0.25, 0.3) is 0 Å². The lowest BCUT2D eigenvalue weighted by atomic mass is 10.1. The van der Waals surface area contributed by atoms with Crippen LogP contribution in [0.3, 0.4) is 0 Å². The topological polar surface area (TPSA) is 34.2 Å². The second-order valence-electron chi connectivity index (χ2n) is 6.02. The van der Waals surface area contributed by atoms with E-state index < -0.39 is 0 Å². The number of hydrogen-bond acceptors (Lipinski definition) is 3. The molecule has 4 heteroatoms. The van der Waals surface area contributed by atoms with Crippen LogP contribution in [0.4, 0.5) is 0 Å². The van der Waals surface area contributed by atoms with Gasteiger partial charge in [-0.05, 0) is 50.1 Å². The number of hydrogen-bond donors (Lipinski definition) is 1. The molecule has 0 spiro atoms. The van der Waals surface area contributed by atoms with Crippen molar-refractivity contribution in [1.29, 1.82) is 0 Å². The summed E-state index contributed by atoms with van der Waals surface area (Å²) in [5.41, 5.74) is 2.27. The SMILES string of the molecule is CC(C)(C)NCc1ccnc(OCc2cccc(Cl)c2)c1. The lowest BCUT2D eigenvalue weighted by Crippen LogP contribution is -2.35. The van der Waals surface area contributed by atoms with Gasteiger partial charge in [0.1, 0.15) is 6.61 Å². The Morgan fingerprint density at radius 1 is 1.14 bits per heavy atom. The van der Waals surface area contributed by atoms with E-state index in [0.29, 0.717) is 17.5 Å². The first-order valence-electron chi connectivity index (χ1n) is 6.99. The minimum Gasteiger partial charge on any atom is -0.473 e. The molecule has 0 aliphatic heterocycles. The number of halogens is 1. The van der Waals surface area contributed by atoms with Crippen LogP contribution >= 0.6 is 11.6 Å². The summed E-state index contributed by atoms with van der Waals surface area (Å²) in [5, 5.41) is 4.16. The smallest absolute Gasteiger partial charge is 0.213 e. The fraction of sp³-hybridized carbons (Fsp3) is 0.353. The third-order valence-corrected chi connectivity index (χ3v) is 3.13. The van der Waals surface area contributed by atoms with E-state index in [2.05, 4.69) is 31.1 Å². The van der Waals surface area contributed by atoms with E-state index in [4.69, 9.17) is 16.3 Å². The summed E-state index contributed by atoms with van der Waals surface area (Å²) in [6.45, 7) is 7.68. The van der Waals surface area contributed by atoms with Crippen molar-refractivity contribution >= 4 is 11.6 Å². The first-order chi connectivity index (χ1) is 9.92. The molecule has 0 atom stereocenters. The van der Waals surface area contributed by atoms with Crippen molar-refractivity contribution in [3.05, 3.63) is 58.7 Å². The summed E-state index contributed by atoms with van der Waals surface area (Å²) in [6.07, 6.45) is 1.77. The Morgan fingerprint density at radius 2 is 1.95 bits per heavy atom. The van der Waals surface area contributed by atoms with Gasteiger partial charge in [-0.25, -0.2) is 4.98 Å². The number of ether oxygens (including phenoxy) is 1. The molecule has 0 saturated heterocycles. The van der Waals surface area contributed by atoms with Gasteiger partial charge in [-0.3, -0.25) is 0 Å². The fourth-order valence-electron chi connectivity index (χ4n) is 1.79. The molecule has 1 N–H and O–H groups in total. The number of nitrogens with zero attached hydrogens (tertiary/aromatic N) is 1. The number of nitrogens with one attached hydrogen (secondary N) is 1. The molecule has 0 aliphatic carbocycles. The molecule has 0 amide bonds. The summed E-state index contributed by atoms with van der Waals surface area (Å²) < 4.78 is 5.72. The van der Waals surface area contributed by atoms with E-state index in [-0.39, 0.29) is 5.54 Å². The van der Waals surface area contributed by atoms with Crippen molar-refractivity contribution < 1.29 is 4.74 Å². The monoisotopic (exact) mass is 304 g/mol. The Morgan fingerprint density at radius 3 is 2.67 bits per heavy atom. The van der Waals surface area contributed by atoms with Gasteiger partial charge in [0.2, 0.25) is 5.88 Å². The van der Waals surface area contributed by atoms with Crippen LogP contribution in [0.1, 0.15) is 31.9 Å². The van der Waals surface area contributed by atoms with E-state index >= 15 is 0 Å². The van der Waals surface area contributed by atoms with Crippen LogP contribution in [0.5, 0.6) is 5.88 Å². The summed E-state index contributed by atoms with van der Waals surface area (Å²) >= 11 is 5.96. The summed E-state index contributed by atoms with van der Waals surface area (Å²) in [5.74, 6) is 0.628. The largest absolute Gasteiger partial charge is 0.473 e.